The van der Waals surface area contributed by atoms with Gasteiger partial charge in [-0.2, -0.15) is 10.5 Å². The van der Waals surface area contributed by atoms with Crippen LogP contribution in [0.3, 0.4) is 0 Å². The van der Waals surface area contributed by atoms with E-state index in [2.05, 4.69) is 9.97 Å². The third-order valence-electron chi connectivity index (χ3n) is 3.70. The highest BCUT2D eigenvalue weighted by Crippen LogP contribution is 2.21. The number of benzene rings is 2. The van der Waals surface area contributed by atoms with E-state index in [1.807, 2.05) is 30.3 Å². The summed E-state index contributed by atoms with van der Waals surface area (Å²) in [6.07, 6.45) is 0. The molecular formula is C18H12N6O2. The lowest BCUT2D eigenvalue weighted by Gasteiger charge is -1.90. The van der Waals surface area contributed by atoms with Gasteiger partial charge in [0.1, 0.15) is 23.5 Å². The number of hydrogen-bond donors (Lipinski definition) is 3. The number of hydrogen-bond acceptors (Lipinski definition) is 5. The third-order valence-corrected chi connectivity index (χ3v) is 3.70. The van der Waals surface area contributed by atoms with Crippen molar-refractivity contribution in [1.29, 1.82) is 10.5 Å². The Kier molecular flexibility index (Phi) is 4.25. The van der Waals surface area contributed by atoms with Crippen molar-refractivity contribution in [2.45, 2.75) is 0 Å². The van der Waals surface area contributed by atoms with Crippen LogP contribution in [0.2, 0.25) is 0 Å². The summed E-state index contributed by atoms with van der Waals surface area (Å²) in [5, 5.41) is 29.5. The molecule has 0 bridgehead atoms. The molecule has 8 heteroatoms. The van der Waals surface area contributed by atoms with Crippen LogP contribution in [0.15, 0.2) is 48.5 Å². The molecule has 2 aromatic carbocycles. The van der Waals surface area contributed by atoms with Gasteiger partial charge in [-0.25, -0.2) is 0 Å². The summed E-state index contributed by atoms with van der Waals surface area (Å²) in [7, 11) is 0. The van der Waals surface area contributed by atoms with Crippen LogP contribution in [0, 0.1) is 32.8 Å². The van der Waals surface area contributed by atoms with Gasteiger partial charge in [0.25, 0.3) is 5.69 Å². The molecule has 126 valence electrons. The fourth-order valence-corrected chi connectivity index (χ4v) is 2.49. The highest BCUT2D eigenvalue weighted by Gasteiger charge is 2.07. The normalized spacial score (nSPS) is 9.92. The number of nitro benzene ring substituents is 1. The second-order valence-corrected chi connectivity index (χ2v) is 5.46. The summed E-state index contributed by atoms with van der Waals surface area (Å²) >= 11 is 0. The molecule has 0 fully saturated rings. The van der Waals surface area contributed by atoms with E-state index in [4.69, 9.17) is 16.3 Å². The first-order valence-corrected chi connectivity index (χ1v) is 7.46. The lowest BCUT2D eigenvalue weighted by molar-refractivity contribution is -0.384. The highest BCUT2D eigenvalue weighted by molar-refractivity contribution is 5.84. The van der Waals surface area contributed by atoms with E-state index in [0.717, 1.165) is 16.3 Å². The summed E-state index contributed by atoms with van der Waals surface area (Å²) in [6.45, 7) is 0. The molecule has 0 saturated carbocycles. The van der Waals surface area contributed by atoms with E-state index in [-0.39, 0.29) is 5.69 Å². The molecular weight excluding hydrogens is 332 g/mol. The van der Waals surface area contributed by atoms with Crippen LogP contribution >= 0.6 is 0 Å². The number of anilines is 1. The molecule has 8 nitrogen and oxygen atoms in total. The van der Waals surface area contributed by atoms with Crippen molar-refractivity contribution < 1.29 is 4.92 Å². The Morgan fingerprint density at radius 1 is 0.885 bits per heavy atom. The monoisotopic (exact) mass is 344 g/mol. The van der Waals surface area contributed by atoms with Crippen molar-refractivity contribution in [3.05, 3.63) is 70.0 Å². The fourth-order valence-electron chi connectivity index (χ4n) is 2.49. The van der Waals surface area contributed by atoms with Gasteiger partial charge in [0.15, 0.2) is 0 Å². The van der Waals surface area contributed by atoms with Gasteiger partial charge in [-0.15, -0.1) is 0 Å². The quantitative estimate of drug-likeness (QED) is 0.274. The number of rotatable bonds is 1. The number of nitriles is 2. The van der Waals surface area contributed by atoms with Crippen molar-refractivity contribution in [2.24, 2.45) is 0 Å². The molecule has 0 saturated heterocycles. The van der Waals surface area contributed by atoms with E-state index in [9.17, 15) is 10.1 Å². The molecule has 26 heavy (non-hydrogen) atoms. The molecule has 0 aliphatic rings. The number of nitrogen functional groups attached to an aromatic ring is 1. The Bertz CT molecular complexity index is 1210. The maximum atomic E-state index is 10.4. The van der Waals surface area contributed by atoms with Crippen molar-refractivity contribution in [3.8, 4) is 12.1 Å². The van der Waals surface area contributed by atoms with Crippen LogP contribution in [0.25, 0.3) is 21.8 Å². The average Bonchev–Trinajstić information content (AvgIpc) is 3.24. The van der Waals surface area contributed by atoms with Gasteiger partial charge in [0, 0.05) is 34.1 Å². The van der Waals surface area contributed by atoms with Crippen molar-refractivity contribution >= 4 is 33.2 Å². The van der Waals surface area contributed by atoms with Crippen LogP contribution < -0.4 is 5.73 Å². The van der Waals surface area contributed by atoms with Gasteiger partial charge in [0.2, 0.25) is 0 Å². The topological polar surface area (TPSA) is 148 Å². The minimum absolute atomic E-state index is 0.0174. The predicted molar refractivity (Wildman–Crippen MR) is 97.1 cm³/mol. The Morgan fingerprint density at radius 2 is 1.42 bits per heavy atom. The molecule has 0 atom stereocenters. The predicted octanol–water partition coefficient (Wildman–Crippen LogP) is 3.57. The summed E-state index contributed by atoms with van der Waals surface area (Å²) in [5.41, 5.74) is 8.78. The summed E-state index contributed by atoms with van der Waals surface area (Å²) < 4.78 is 0. The largest absolute Gasteiger partial charge is 0.399 e. The zero-order chi connectivity index (χ0) is 18.7. The van der Waals surface area contributed by atoms with Crippen LogP contribution in [0.4, 0.5) is 11.4 Å². The Morgan fingerprint density at radius 3 is 1.96 bits per heavy atom. The smallest absolute Gasteiger partial charge is 0.271 e. The molecule has 0 spiro atoms. The molecule has 4 rings (SSSR count). The van der Waals surface area contributed by atoms with Crippen LogP contribution in [0.1, 0.15) is 11.4 Å². The highest BCUT2D eigenvalue weighted by atomic mass is 16.6. The van der Waals surface area contributed by atoms with E-state index in [1.54, 1.807) is 18.2 Å². The Balaban J connectivity index is 0.000000152. The molecule has 2 aromatic heterocycles. The molecule has 0 unspecified atom stereocenters. The van der Waals surface area contributed by atoms with Gasteiger partial charge in [-0.1, -0.05) is 6.07 Å². The van der Waals surface area contributed by atoms with Crippen molar-refractivity contribution in [1.82, 2.24) is 9.97 Å². The Labute approximate surface area is 147 Å². The van der Waals surface area contributed by atoms with Crippen molar-refractivity contribution in [3.63, 3.8) is 0 Å². The second-order valence-electron chi connectivity index (χ2n) is 5.46. The summed E-state index contributed by atoms with van der Waals surface area (Å²) in [5.74, 6) is 0. The summed E-state index contributed by atoms with van der Waals surface area (Å²) in [6, 6.07) is 17.4. The van der Waals surface area contributed by atoms with E-state index >= 15 is 0 Å². The van der Waals surface area contributed by atoms with Gasteiger partial charge < -0.3 is 15.7 Å². The third kappa shape index (κ3) is 3.30. The summed E-state index contributed by atoms with van der Waals surface area (Å²) in [4.78, 5) is 15.7. The van der Waals surface area contributed by atoms with Crippen LogP contribution in [-0.2, 0) is 0 Å². The number of nitrogens with zero attached hydrogens (tertiary/aromatic N) is 3. The lowest BCUT2D eigenvalue weighted by atomic mass is 10.2. The van der Waals surface area contributed by atoms with E-state index < -0.39 is 4.92 Å². The zero-order valence-corrected chi connectivity index (χ0v) is 13.4. The standard InChI is InChI=1S/C9H5N3O2.C9H7N3/c10-5-7-3-6-1-2-8(12(13)14)4-9(6)11-7;10-5-8-3-6-1-2-7(11)4-9(6)12-8/h1-4,11H;1-4,12H,11H2. The zero-order valence-electron chi connectivity index (χ0n) is 13.4. The van der Waals surface area contributed by atoms with Crippen molar-refractivity contribution in [2.75, 3.05) is 5.73 Å². The van der Waals surface area contributed by atoms with Gasteiger partial charge in [-0.3, -0.25) is 10.1 Å². The molecule has 4 N–H and O–H groups in total. The average molecular weight is 344 g/mol. The molecule has 4 aromatic rings. The number of nitrogens with one attached hydrogen (secondary N) is 2. The SMILES string of the molecule is N#Cc1cc2ccc(N)cc2[nH]1.N#Cc1cc2ccc([N+](=O)[O-])cc2[nH]1. The number of non-ortho nitro benzene ring substituents is 1. The molecule has 0 aliphatic heterocycles. The number of fused-ring (bicyclic) bond motifs is 2. The minimum atomic E-state index is -0.466. The van der Waals surface area contributed by atoms with Crippen LogP contribution in [0.5, 0.6) is 0 Å². The Hall–Kier alpha value is -4.30. The van der Waals surface area contributed by atoms with Gasteiger partial charge in [0.05, 0.1) is 10.4 Å². The number of H-pyrrole nitrogens is 2. The lowest BCUT2D eigenvalue weighted by Crippen LogP contribution is -1.86. The van der Waals surface area contributed by atoms with E-state index in [0.29, 0.717) is 22.6 Å². The molecule has 2 heterocycles. The molecule has 0 aliphatic carbocycles. The van der Waals surface area contributed by atoms with Gasteiger partial charge >= 0.3 is 0 Å². The number of aromatic amines is 2. The fraction of sp³-hybridized carbons (Fsp3) is 0. The number of nitrogens with two attached hydrogens (primary N) is 1. The van der Waals surface area contributed by atoms with Gasteiger partial charge in [-0.05, 0) is 30.3 Å². The maximum Gasteiger partial charge on any atom is 0.271 e. The van der Waals surface area contributed by atoms with Crippen LogP contribution in [-0.4, -0.2) is 14.9 Å². The first kappa shape index (κ1) is 16.6. The first-order chi connectivity index (χ1) is 12.5. The second kappa shape index (κ2) is 6.67. The minimum Gasteiger partial charge on any atom is -0.399 e. The first-order valence-electron chi connectivity index (χ1n) is 7.46. The molecule has 0 radical (unpaired) electrons. The van der Waals surface area contributed by atoms with E-state index in [1.165, 1.54) is 12.1 Å². The number of nitro groups is 1. The maximum absolute atomic E-state index is 10.4. The molecule has 0 amide bonds. The number of aromatic nitrogens is 2.